The first kappa shape index (κ1) is 19.4. The summed E-state index contributed by atoms with van der Waals surface area (Å²) in [6.45, 7) is 3.37. The first-order valence-corrected chi connectivity index (χ1v) is 8.99. The van der Waals surface area contributed by atoms with E-state index >= 15 is 0 Å². The van der Waals surface area contributed by atoms with E-state index in [1.165, 1.54) is 24.3 Å². The molecule has 7 nitrogen and oxygen atoms in total. The molecular weight excluding hydrogens is 362 g/mol. The number of carbonyl (C=O) groups is 3. The molecule has 0 fully saturated rings. The predicted molar refractivity (Wildman–Crippen MR) is 101 cm³/mol. The normalized spacial score (nSPS) is 12.2. The zero-order valence-electron chi connectivity index (χ0n) is 15.6. The molecule has 0 atom stereocenters. The molecule has 0 aromatic heterocycles. The zero-order chi connectivity index (χ0) is 19.9. The van der Waals surface area contributed by atoms with Gasteiger partial charge in [0, 0.05) is 18.7 Å². The van der Waals surface area contributed by atoms with Crippen molar-refractivity contribution >= 4 is 18.2 Å². The van der Waals surface area contributed by atoms with Crippen LogP contribution in [0.25, 0.3) is 0 Å². The SMILES string of the molecule is CCN(Cc1ccc2c(c1)OCCO2)C(=O)COC(=O)c1ccc(C=O)cc1. The van der Waals surface area contributed by atoms with Crippen LogP contribution in [0.3, 0.4) is 0 Å². The third kappa shape index (κ3) is 4.68. The standard InChI is InChI=1S/C21H21NO6/c1-2-22(12-16-5-8-18-19(11-16)27-10-9-26-18)20(24)14-28-21(25)17-6-3-15(13-23)4-7-17/h3-8,11,13H,2,9-10,12,14H2,1H3. The molecule has 0 saturated heterocycles. The van der Waals surface area contributed by atoms with Crippen molar-refractivity contribution in [2.45, 2.75) is 13.5 Å². The number of likely N-dealkylation sites (N-methyl/N-ethyl adjacent to an activating group) is 1. The highest BCUT2D eigenvalue weighted by Crippen LogP contribution is 2.31. The molecule has 146 valence electrons. The van der Waals surface area contributed by atoms with Gasteiger partial charge < -0.3 is 19.1 Å². The van der Waals surface area contributed by atoms with E-state index in [9.17, 15) is 14.4 Å². The lowest BCUT2D eigenvalue weighted by molar-refractivity contribution is -0.134. The van der Waals surface area contributed by atoms with E-state index in [-0.39, 0.29) is 18.1 Å². The van der Waals surface area contributed by atoms with Crippen molar-refractivity contribution in [3.8, 4) is 11.5 Å². The van der Waals surface area contributed by atoms with Crippen LogP contribution in [0.2, 0.25) is 0 Å². The third-order valence-corrected chi connectivity index (χ3v) is 4.32. The van der Waals surface area contributed by atoms with Crippen molar-refractivity contribution < 1.29 is 28.6 Å². The number of amides is 1. The van der Waals surface area contributed by atoms with Crippen LogP contribution in [0.15, 0.2) is 42.5 Å². The van der Waals surface area contributed by atoms with Crippen molar-refractivity contribution in [2.24, 2.45) is 0 Å². The van der Waals surface area contributed by atoms with E-state index in [4.69, 9.17) is 14.2 Å². The van der Waals surface area contributed by atoms with Gasteiger partial charge in [-0.1, -0.05) is 18.2 Å². The van der Waals surface area contributed by atoms with Crippen molar-refractivity contribution in [3.63, 3.8) is 0 Å². The van der Waals surface area contributed by atoms with Gasteiger partial charge in [0.2, 0.25) is 0 Å². The molecule has 0 radical (unpaired) electrons. The topological polar surface area (TPSA) is 82.1 Å². The molecular formula is C21H21NO6. The summed E-state index contributed by atoms with van der Waals surface area (Å²) in [6.07, 6.45) is 0.690. The number of carbonyl (C=O) groups excluding carboxylic acids is 3. The molecule has 0 unspecified atom stereocenters. The van der Waals surface area contributed by atoms with Crippen LogP contribution >= 0.6 is 0 Å². The largest absolute Gasteiger partial charge is 0.486 e. The highest BCUT2D eigenvalue weighted by Gasteiger charge is 2.18. The van der Waals surface area contributed by atoms with Gasteiger partial charge in [0.1, 0.15) is 19.5 Å². The van der Waals surface area contributed by atoms with Crippen molar-refractivity contribution in [3.05, 3.63) is 59.2 Å². The molecule has 7 heteroatoms. The second-order valence-corrected chi connectivity index (χ2v) is 6.20. The van der Waals surface area contributed by atoms with Gasteiger partial charge in [0.15, 0.2) is 18.1 Å². The van der Waals surface area contributed by atoms with Gasteiger partial charge in [-0.3, -0.25) is 9.59 Å². The Labute approximate surface area is 162 Å². The van der Waals surface area contributed by atoms with Gasteiger partial charge in [0.05, 0.1) is 5.56 Å². The van der Waals surface area contributed by atoms with Gasteiger partial charge in [-0.25, -0.2) is 4.79 Å². The van der Waals surface area contributed by atoms with E-state index < -0.39 is 5.97 Å². The van der Waals surface area contributed by atoms with E-state index in [2.05, 4.69) is 0 Å². The minimum Gasteiger partial charge on any atom is -0.486 e. The summed E-state index contributed by atoms with van der Waals surface area (Å²) in [5.74, 6) is 0.452. The molecule has 28 heavy (non-hydrogen) atoms. The maximum Gasteiger partial charge on any atom is 0.338 e. The van der Waals surface area contributed by atoms with E-state index in [0.717, 1.165) is 5.56 Å². The number of rotatable bonds is 7. The van der Waals surface area contributed by atoms with Crippen LogP contribution in [0.5, 0.6) is 11.5 Å². The number of fused-ring (bicyclic) bond motifs is 1. The average Bonchev–Trinajstić information content (AvgIpc) is 2.75. The van der Waals surface area contributed by atoms with Crippen LogP contribution < -0.4 is 9.47 Å². The molecule has 1 amide bonds. The lowest BCUT2D eigenvalue weighted by atomic mass is 10.1. The quantitative estimate of drug-likeness (QED) is 0.540. The average molecular weight is 383 g/mol. The Bertz CT molecular complexity index is 862. The highest BCUT2D eigenvalue weighted by molar-refractivity contribution is 5.92. The summed E-state index contributed by atoms with van der Waals surface area (Å²) < 4.78 is 16.2. The molecule has 1 aliphatic rings. The molecule has 0 N–H and O–H groups in total. The summed E-state index contributed by atoms with van der Waals surface area (Å²) in [6, 6.07) is 11.6. The molecule has 1 heterocycles. The Balaban J connectivity index is 1.57. The molecule has 0 saturated carbocycles. The van der Waals surface area contributed by atoms with Crippen molar-refractivity contribution in [1.82, 2.24) is 4.90 Å². The maximum absolute atomic E-state index is 12.5. The first-order chi connectivity index (χ1) is 13.6. The number of nitrogens with zero attached hydrogens (tertiary/aromatic N) is 1. The van der Waals surface area contributed by atoms with E-state index in [0.29, 0.717) is 49.7 Å². The summed E-state index contributed by atoms with van der Waals surface area (Å²) in [5, 5.41) is 0. The Kier molecular flexibility index (Phi) is 6.26. The number of hydrogen-bond donors (Lipinski definition) is 0. The zero-order valence-corrected chi connectivity index (χ0v) is 15.6. The van der Waals surface area contributed by atoms with Crippen LogP contribution in [-0.2, 0) is 16.1 Å². The van der Waals surface area contributed by atoms with Crippen LogP contribution in [0.4, 0.5) is 0 Å². The Morgan fingerprint density at radius 2 is 1.79 bits per heavy atom. The number of hydrogen-bond acceptors (Lipinski definition) is 6. The molecule has 0 aliphatic carbocycles. The smallest absolute Gasteiger partial charge is 0.338 e. The first-order valence-electron chi connectivity index (χ1n) is 8.99. The number of benzene rings is 2. The fourth-order valence-electron chi connectivity index (χ4n) is 2.78. The number of ether oxygens (including phenoxy) is 3. The molecule has 1 aliphatic heterocycles. The molecule has 2 aromatic rings. The van der Waals surface area contributed by atoms with Crippen molar-refractivity contribution in [2.75, 3.05) is 26.4 Å². The van der Waals surface area contributed by atoms with Crippen LogP contribution in [0, 0.1) is 0 Å². The Hall–Kier alpha value is -3.35. The predicted octanol–water partition coefficient (Wildman–Crippen LogP) is 2.48. The fourth-order valence-corrected chi connectivity index (χ4v) is 2.78. The van der Waals surface area contributed by atoms with Crippen LogP contribution in [-0.4, -0.2) is 49.4 Å². The highest BCUT2D eigenvalue weighted by atomic mass is 16.6. The van der Waals surface area contributed by atoms with Gasteiger partial charge in [-0.2, -0.15) is 0 Å². The summed E-state index contributed by atoms with van der Waals surface area (Å²) >= 11 is 0. The number of esters is 1. The lowest BCUT2D eigenvalue weighted by Crippen LogP contribution is -2.34. The summed E-state index contributed by atoms with van der Waals surface area (Å²) in [4.78, 5) is 36.8. The third-order valence-electron chi connectivity index (χ3n) is 4.32. The molecule has 0 spiro atoms. The Morgan fingerprint density at radius 1 is 1.07 bits per heavy atom. The molecule has 3 rings (SSSR count). The lowest BCUT2D eigenvalue weighted by Gasteiger charge is -2.23. The second-order valence-electron chi connectivity index (χ2n) is 6.20. The van der Waals surface area contributed by atoms with Gasteiger partial charge in [-0.15, -0.1) is 0 Å². The molecule has 2 aromatic carbocycles. The van der Waals surface area contributed by atoms with Gasteiger partial charge >= 0.3 is 5.97 Å². The summed E-state index contributed by atoms with van der Waals surface area (Å²) in [7, 11) is 0. The second kappa shape index (κ2) is 9.03. The fraction of sp³-hybridized carbons (Fsp3) is 0.286. The minimum atomic E-state index is -0.610. The summed E-state index contributed by atoms with van der Waals surface area (Å²) in [5.41, 5.74) is 1.65. The monoisotopic (exact) mass is 383 g/mol. The minimum absolute atomic E-state index is 0.285. The van der Waals surface area contributed by atoms with E-state index in [1.807, 2.05) is 25.1 Å². The number of aldehydes is 1. The van der Waals surface area contributed by atoms with Gasteiger partial charge in [0.25, 0.3) is 5.91 Å². The maximum atomic E-state index is 12.5. The Morgan fingerprint density at radius 3 is 2.46 bits per heavy atom. The van der Waals surface area contributed by atoms with Gasteiger partial charge in [-0.05, 0) is 36.8 Å². The van der Waals surface area contributed by atoms with Crippen molar-refractivity contribution in [1.29, 1.82) is 0 Å². The molecule has 0 bridgehead atoms. The van der Waals surface area contributed by atoms with Crippen LogP contribution in [0.1, 0.15) is 33.2 Å². The van der Waals surface area contributed by atoms with E-state index in [1.54, 1.807) is 4.90 Å².